The van der Waals surface area contributed by atoms with E-state index in [1.54, 1.807) is 6.07 Å². The first kappa shape index (κ1) is 13.2. The van der Waals surface area contributed by atoms with E-state index in [1.807, 2.05) is 13.8 Å². The van der Waals surface area contributed by atoms with Gasteiger partial charge >= 0.3 is 0 Å². The maximum Gasteiger partial charge on any atom is 0.254 e. The van der Waals surface area contributed by atoms with E-state index in [2.05, 4.69) is 21.2 Å². The van der Waals surface area contributed by atoms with Gasteiger partial charge in [-0.05, 0) is 31.5 Å². The smallest absolute Gasteiger partial charge is 0.254 e. The highest BCUT2D eigenvalue weighted by atomic mass is 79.9. The number of nitrogens with one attached hydrogen (secondary N) is 1. The summed E-state index contributed by atoms with van der Waals surface area (Å²) >= 11 is 3.15. The average molecular weight is 288 g/mol. The fraction of sp³-hybridized carbons (Fsp3) is 0.417. The third kappa shape index (κ3) is 3.59. The Morgan fingerprint density at radius 1 is 1.56 bits per heavy atom. The molecule has 0 saturated carbocycles. The van der Waals surface area contributed by atoms with Crippen molar-refractivity contribution in [2.45, 2.75) is 32.7 Å². The summed E-state index contributed by atoms with van der Waals surface area (Å²) in [6.45, 7) is 3.96. The molecule has 88 valence electrons. The minimum Gasteiger partial charge on any atom is -0.349 e. The first-order valence-electron chi connectivity index (χ1n) is 5.30. The predicted octanol–water partition coefficient (Wildman–Crippen LogP) is 3.51. The van der Waals surface area contributed by atoms with Crippen molar-refractivity contribution >= 4 is 21.8 Å². The van der Waals surface area contributed by atoms with Crippen LogP contribution in [0.15, 0.2) is 22.7 Å². The topological polar surface area (TPSA) is 29.1 Å². The second-order valence-corrected chi connectivity index (χ2v) is 4.70. The zero-order chi connectivity index (χ0) is 12.1. The number of carbonyl (C=O) groups excluding carboxylic acids is 1. The van der Waals surface area contributed by atoms with E-state index in [9.17, 15) is 9.18 Å². The fourth-order valence-corrected chi connectivity index (χ4v) is 1.81. The Labute approximate surface area is 103 Å². The summed E-state index contributed by atoms with van der Waals surface area (Å²) < 4.78 is 14.1. The molecule has 0 aliphatic carbocycles. The molecular formula is C12H15BrFNO. The molecule has 1 aromatic carbocycles. The van der Waals surface area contributed by atoms with Crippen molar-refractivity contribution < 1.29 is 9.18 Å². The van der Waals surface area contributed by atoms with E-state index in [0.29, 0.717) is 4.47 Å². The Kier molecular flexibility index (Phi) is 4.93. The quantitative estimate of drug-likeness (QED) is 0.902. The molecule has 1 atom stereocenters. The molecule has 4 heteroatoms. The lowest BCUT2D eigenvalue weighted by atomic mass is 10.1. The van der Waals surface area contributed by atoms with Crippen LogP contribution in [0.4, 0.5) is 4.39 Å². The standard InChI is InChI=1S/C12H15BrFNO/c1-3-4-8(2)15-12(16)10-6-5-9(13)7-11(10)14/h5-8H,3-4H2,1-2H3,(H,15,16). The number of hydrogen-bond acceptors (Lipinski definition) is 1. The highest BCUT2D eigenvalue weighted by molar-refractivity contribution is 9.10. The van der Waals surface area contributed by atoms with Crippen molar-refractivity contribution in [3.05, 3.63) is 34.1 Å². The highest BCUT2D eigenvalue weighted by Gasteiger charge is 2.13. The van der Waals surface area contributed by atoms with Crippen LogP contribution in [0.25, 0.3) is 0 Å². The summed E-state index contributed by atoms with van der Waals surface area (Å²) in [6.07, 6.45) is 1.88. The van der Waals surface area contributed by atoms with E-state index < -0.39 is 5.82 Å². The number of rotatable bonds is 4. The van der Waals surface area contributed by atoms with E-state index in [1.165, 1.54) is 12.1 Å². The number of hydrogen-bond donors (Lipinski definition) is 1. The summed E-state index contributed by atoms with van der Waals surface area (Å²) in [5.74, 6) is -0.860. The van der Waals surface area contributed by atoms with Gasteiger partial charge in [-0.2, -0.15) is 0 Å². The molecule has 0 saturated heterocycles. The van der Waals surface area contributed by atoms with E-state index >= 15 is 0 Å². The zero-order valence-electron chi connectivity index (χ0n) is 9.39. The first-order chi connectivity index (χ1) is 7.54. The van der Waals surface area contributed by atoms with Crippen molar-refractivity contribution in [2.24, 2.45) is 0 Å². The van der Waals surface area contributed by atoms with Gasteiger partial charge < -0.3 is 5.32 Å². The van der Waals surface area contributed by atoms with Crippen LogP contribution in [0.5, 0.6) is 0 Å². The molecule has 0 bridgehead atoms. The number of carbonyl (C=O) groups is 1. The van der Waals surface area contributed by atoms with E-state index in [0.717, 1.165) is 12.8 Å². The zero-order valence-corrected chi connectivity index (χ0v) is 11.0. The van der Waals surface area contributed by atoms with Crippen molar-refractivity contribution in [1.82, 2.24) is 5.32 Å². The lowest BCUT2D eigenvalue weighted by molar-refractivity contribution is 0.0934. The minimum absolute atomic E-state index is 0.0700. The van der Waals surface area contributed by atoms with Crippen LogP contribution >= 0.6 is 15.9 Å². The lowest BCUT2D eigenvalue weighted by Gasteiger charge is -2.13. The van der Waals surface area contributed by atoms with Gasteiger partial charge in [-0.1, -0.05) is 29.3 Å². The van der Waals surface area contributed by atoms with Crippen LogP contribution < -0.4 is 5.32 Å². The van der Waals surface area contributed by atoms with E-state index in [-0.39, 0.29) is 17.5 Å². The third-order valence-corrected chi connectivity index (χ3v) is 2.77. The maximum atomic E-state index is 13.4. The Morgan fingerprint density at radius 3 is 2.81 bits per heavy atom. The molecule has 0 aliphatic heterocycles. The minimum atomic E-state index is -0.504. The van der Waals surface area contributed by atoms with Crippen molar-refractivity contribution in [3.63, 3.8) is 0 Å². The van der Waals surface area contributed by atoms with E-state index in [4.69, 9.17) is 0 Å². The van der Waals surface area contributed by atoms with Gasteiger partial charge in [-0.15, -0.1) is 0 Å². The number of halogens is 2. The molecule has 1 unspecified atom stereocenters. The van der Waals surface area contributed by atoms with Gasteiger partial charge in [0.2, 0.25) is 0 Å². The highest BCUT2D eigenvalue weighted by Crippen LogP contribution is 2.15. The van der Waals surface area contributed by atoms with Gasteiger partial charge in [0, 0.05) is 10.5 Å². The van der Waals surface area contributed by atoms with Crippen LogP contribution in [0.3, 0.4) is 0 Å². The number of amides is 1. The van der Waals surface area contributed by atoms with Crippen LogP contribution in [0.1, 0.15) is 37.0 Å². The van der Waals surface area contributed by atoms with Gasteiger partial charge in [0.05, 0.1) is 5.56 Å². The van der Waals surface area contributed by atoms with Crippen LogP contribution in [0.2, 0.25) is 0 Å². The lowest BCUT2D eigenvalue weighted by Crippen LogP contribution is -2.32. The Morgan fingerprint density at radius 2 is 2.25 bits per heavy atom. The van der Waals surface area contributed by atoms with Crippen LogP contribution in [-0.4, -0.2) is 11.9 Å². The summed E-state index contributed by atoms with van der Waals surface area (Å²) in [7, 11) is 0. The maximum absolute atomic E-state index is 13.4. The van der Waals surface area contributed by atoms with Gasteiger partial charge in [-0.3, -0.25) is 4.79 Å². The average Bonchev–Trinajstić information content (AvgIpc) is 2.17. The molecule has 16 heavy (non-hydrogen) atoms. The molecular weight excluding hydrogens is 273 g/mol. The molecule has 2 nitrogen and oxygen atoms in total. The van der Waals surface area contributed by atoms with Gasteiger partial charge in [0.15, 0.2) is 0 Å². The summed E-state index contributed by atoms with van der Waals surface area (Å²) in [5.41, 5.74) is 0.0890. The van der Waals surface area contributed by atoms with Crippen molar-refractivity contribution in [2.75, 3.05) is 0 Å². The van der Waals surface area contributed by atoms with Gasteiger partial charge in [-0.25, -0.2) is 4.39 Å². The van der Waals surface area contributed by atoms with Gasteiger partial charge in [0.1, 0.15) is 5.82 Å². The first-order valence-corrected chi connectivity index (χ1v) is 6.09. The molecule has 1 rings (SSSR count). The molecule has 1 N–H and O–H groups in total. The SMILES string of the molecule is CCCC(C)NC(=O)c1ccc(Br)cc1F. The normalized spacial score (nSPS) is 12.2. The second kappa shape index (κ2) is 5.99. The number of benzene rings is 1. The summed E-state index contributed by atoms with van der Waals surface area (Å²) in [5, 5.41) is 2.76. The fourth-order valence-electron chi connectivity index (χ4n) is 1.48. The van der Waals surface area contributed by atoms with Crippen LogP contribution in [-0.2, 0) is 0 Å². The summed E-state index contributed by atoms with van der Waals surface area (Å²) in [4.78, 5) is 11.7. The molecule has 0 radical (unpaired) electrons. The van der Waals surface area contributed by atoms with Crippen molar-refractivity contribution in [3.8, 4) is 0 Å². The molecule has 0 aromatic heterocycles. The molecule has 0 aliphatic rings. The second-order valence-electron chi connectivity index (χ2n) is 3.79. The van der Waals surface area contributed by atoms with Crippen LogP contribution in [0, 0.1) is 5.82 Å². The molecule has 0 spiro atoms. The third-order valence-electron chi connectivity index (χ3n) is 2.27. The Balaban J connectivity index is 2.73. The van der Waals surface area contributed by atoms with Gasteiger partial charge in [0.25, 0.3) is 5.91 Å². The molecule has 1 aromatic rings. The molecule has 1 amide bonds. The largest absolute Gasteiger partial charge is 0.349 e. The monoisotopic (exact) mass is 287 g/mol. The predicted molar refractivity (Wildman–Crippen MR) is 65.9 cm³/mol. The molecule has 0 fully saturated rings. The Bertz CT molecular complexity index is 381. The molecule has 0 heterocycles. The summed E-state index contributed by atoms with van der Waals surface area (Å²) in [6, 6.07) is 4.50. The van der Waals surface area contributed by atoms with Crippen molar-refractivity contribution in [1.29, 1.82) is 0 Å². The Hall–Kier alpha value is -0.900.